The van der Waals surface area contributed by atoms with Crippen LogP contribution >= 0.6 is 0 Å². The maximum Gasteiger partial charge on any atom is 0.275 e. The number of carbonyl (C=O) groups excluding carboxylic acids is 3. The maximum absolute atomic E-state index is 13.6. The van der Waals surface area contributed by atoms with Gasteiger partial charge in [0.15, 0.2) is 0 Å². The highest BCUT2D eigenvalue weighted by Crippen LogP contribution is 2.21. The lowest BCUT2D eigenvalue weighted by atomic mass is 9.99. The number of aryl methyl sites for hydroxylation is 1. The van der Waals surface area contributed by atoms with Crippen LogP contribution in [0.1, 0.15) is 34.1 Å². The highest BCUT2D eigenvalue weighted by atomic mass is 16.2. The lowest BCUT2D eigenvalue weighted by Gasteiger charge is -2.28. The second-order valence-electron chi connectivity index (χ2n) is 8.63. The van der Waals surface area contributed by atoms with E-state index in [9.17, 15) is 14.4 Å². The number of carbonyl (C=O) groups is 3. The van der Waals surface area contributed by atoms with Gasteiger partial charge < -0.3 is 21.3 Å². The van der Waals surface area contributed by atoms with Gasteiger partial charge in [0.1, 0.15) is 17.6 Å². The highest BCUT2D eigenvalue weighted by molar-refractivity contribution is 6.46. The lowest BCUT2D eigenvalue weighted by Crippen LogP contribution is -2.47. The number of pyridine rings is 2. The van der Waals surface area contributed by atoms with E-state index in [4.69, 9.17) is 5.73 Å². The highest BCUT2D eigenvalue weighted by Gasteiger charge is 2.38. The number of benzene rings is 1. The Morgan fingerprint density at radius 2 is 1.89 bits per heavy atom. The van der Waals surface area contributed by atoms with Crippen molar-refractivity contribution in [3.05, 3.63) is 101 Å². The van der Waals surface area contributed by atoms with E-state index in [-0.39, 0.29) is 36.2 Å². The Balaban J connectivity index is 1.67. The second kappa shape index (κ2) is 11.9. The molecule has 1 unspecified atom stereocenters. The van der Waals surface area contributed by atoms with Gasteiger partial charge in [-0.3, -0.25) is 24.4 Å². The van der Waals surface area contributed by atoms with Crippen molar-refractivity contribution in [2.75, 3.05) is 12.4 Å². The molecule has 4 N–H and O–H groups in total. The van der Waals surface area contributed by atoms with E-state index in [1.165, 1.54) is 18.1 Å². The number of aliphatic imine (C=N–C) groups is 1. The van der Waals surface area contributed by atoms with Gasteiger partial charge in [-0.1, -0.05) is 31.2 Å². The minimum atomic E-state index is -0.858. The Hall–Kier alpha value is -4.86. The summed E-state index contributed by atoms with van der Waals surface area (Å²) in [6.45, 7) is 2.07. The SMILES string of the molecule is CCc1cc(CN2C(=O)C(=NC)/C(=C\N)NC(=O)C2Cc2ccccn2)ccc1C(=O)Nc1ccccn1. The molecule has 0 saturated carbocycles. The number of hydrogen-bond donors (Lipinski definition) is 3. The Labute approximate surface area is 220 Å². The average molecular weight is 512 g/mol. The van der Waals surface area contributed by atoms with Crippen molar-refractivity contribution < 1.29 is 14.4 Å². The summed E-state index contributed by atoms with van der Waals surface area (Å²) in [5.41, 5.74) is 8.67. The lowest BCUT2D eigenvalue weighted by molar-refractivity contribution is -0.135. The smallest absolute Gasteiger partial charge is 0.275 e. The Morgan fingerprint density at radius 1 is 1.13 bits per heavy atom. The monoisotopic (exact) mass is 511 g/mol. The van der Waals surface area contributed by atoms with Crippen LogP contribution in [0.4, 0.5) is 5.82 Å². The van der Waals surface area contributed by atoms with E-state index in [0.717, 1.165) is 11.1 Å². The van der Waals surface area contributed by atoms with Crippen LogP contribution in [0.3, 0.4) is 0 Å². The molecular weight excluding hydrogens is 482 g/mol. The molecule has 0 radical (unpaired) electrons. The van der Waals surface area contributed by atoms with Gasteiger partial charge in [-0.2, -0.15) is 0 Å². The molecular formula is C28H29N7O3. The van der Waals surface area contributed by atoms with Crippen LogP contribution in [0.15, 0.2) is 83.9 Å². The zero-order valence-corrected chi connectivity index (χ0v) is 21.2. The fraction of sp³-hybridized carbons (Fsp3) is 0.214. The molecule has 0 bridgehead atoms. The standard InChI is InChI=1S/C28H29N7O3/c1-3-19-14-18(10-11-21(19)26(36)34-24-9-5-7-13-32-24)17-35-23(15-20-8-4-6-12-31-20)27(37)33-22(16-29)25(30-2)28(35)38/h4-14,16,23H,3,15,17,29H2,1-2H3,(H,33,37)(H,32,34,36)/b22-16+,30-25?. The number of nitrogens with zero attached hydrogens (tertiary/aromatic N) is 4. The second-order valence-corrected chi connectivity index (χ2v) is 8.63. The molecule has 3 amide bonds. The fourth-order valence-electron chi connectivity index (χ4n) is 4.32. The van der Waals surface area contributed by atoms with E-state index >= 15 is 0 Å². The molecule has 4 rings (SSSR count). The normalized spacial score (nSPS) is 17.8. The van der Waals surface area contributed by atoms with E-state index in [1.54, 1.807) is 54.9 Å². The van der Waals surface area contributed by atoms with Crippen molar-refractivity contribution in [1.29, 1.82) is 0 Å². The first-order chi connectivity index (χ1) is 18.4. The summed E-state index contributed by atoms with van der Waals surface area (Å²) in [5.74, 6) is -0.638. The summed E-state index contributed by atoms with van der Waals surface area (Å²) in [7, 11) is 1.48. The molecule has 10 heteroatoms. The third-order valence-corrected chi connectivity index (χ3v) is 6.23. The first-order valence-corrected chi connectivity index (χ1v) is 12.2. The molecule has 3 heterocycles. The first kappa shape index (κ1) is 26.2. The summed E-state index contributed by atoms with van der Waals surface area (Å²) in [4.78, 5) is 53.9. The summed E-state index contributed by atoms with van der Waals surface area (Å²) in [5, 5.41) is 5.54. The Kier molecular flexibility index (Phi) is 8.22. The van der Waals surface area contributed by atoms with E-state index in [2.05, 4.69) is 25.6 Å². The van der Waals surface area contributed by atoms with Gasteiger partial charge in [0.2, 0.25) is 5.91 Å². The quantitative estimate of drug-likeness (QED) is 0.444. The number of nitrogens with two attached hydrogens (primary N) is 1. The molecule has 1 aliphatic rings. The molecule has 194 valence electrons. The van der Waals surface area contributed by atoms with Crippen molar-refractivity contribution in [3.63, 3.8) is 0 Å². The van der Waals surface area contributed by atoms with Crippen molar-refractivity contribution >= 4 is 29.3 Å². The molecule has 0 spiro atoms. The predicted octanol–water partition coefficient (Wildman–Crippen LogP) is 2.23. The van der Waals surface area contributed by atoms with Crippen molar-refractivity contribution in [3.8, 4) is 0 Å². The average Bonchev–Trinajstić information content (AvgIpc) is 3.03. The number of aromatic nitrogens is 2. The summed E-state index contributed by atoms with van der Waals surface area (Å²) < 4.78 is 0. The van der Waals surface area contributed by atoms with Gasteiger partial charge >= 0.3 is 0 Å². The molecule has 1 atom stereocenters. The molecule has 1 saturated heterocycles. The predicted molar refractivity (Wildman–Crippen MR) is 144 cm³/mol. The van der Waals surface area contributed by atoms with Gasteiger partial charge in [0.05, 0.1) is 5.70 Å². The van der Waals surface area contributed by atoms with Gasteiger partial charge in [0, 0.05) is 49.9 Å². The number of amides is 3. The molecule has 0 aliphatic carbocycles. The van der Waals surface area contributed by atoms with E-state index in [0.29, 0.717) is 23.5 Å². The first-order valence-electron chi connectivity index (χ1n) is 12.2. The van der Waals surface area contributed by atoms with Crippen LogP contribution in [-0.2, 0) is 29.0 Å². The minimum Gasteiger partial charge on any atom is -0.403 e. The Morgan fingerprint density at radius 3 is 2.53 bits per heavy atom. The molecule has 1 fully saturated rings. The summed E-state index contributed by atoms with van der Waals surface area (Å²) >= 11 is 0. The zero-order valence-electron chi connectivity index (χ0n) is 21.2. The van der Waals surface area contributed by atoms with Crippen LogP contribution in [0.2, 0.25) is 0 Å². The van der Waals surface area contributed by atoms with Crippen LogP contribution in [0, 0.1) is 0 Å². The number of rotatable bonds is 7. The number of nitrogens with one attached hydrogen (secondary N) is 2. The van der Waals surface area contributed by atoms with E-state index in [1.807, 2.05) is 19.1 Å². The minimum absolute atomic E-state index is 0.0615. The van der Waals surface area contributed by atoms with Crippen molar-refractivity contribution in [2.24, 2.45) is 10.7 Å². The van der Waals surface area contributed by atoms with Gasteiger partial charge in [0.25, 0.3) is 11.8 Å². The molecule has 10 nitrogen and oxygen atoms in total. The summed E-state index contributed by atoms with van der Waals surface area (Å²) in [6.07, 6.45) is 5.21. The van der Waals surface area contributed by atoms with Crippen LogP contribution in [-0.4, -0.2) is 51.4 Å². The summed E-state index contributed by atoms with van der Waals surface area (Å²) in [6, 6.07) is 15.2. The Bertz CT molecular complexity index is 1390. The molecule has 38 heavy (non-hydrogen) atoms. The molecule has 3 aromatic rings. The van der Waals surface area contributed by atoms with E-state index < -0.39 is 11.9 Å². The molecule has 1 aromatic carbocycles. The molecule has 2 aromatic heterocycles. The number of hydrogen-bond acceptors (Lipinski definition) is 7. The largest absolute Gasteiger partial charge is 0.403 e. The third kappa shape index (κ3) is 5.75. The van der Waals surface area contributed by atoms with Crippen molar-refractivity contribution in [2.45, 2.75) is 32.4 Å². The zero-order chi connectivity index (χ0) is 27.1. The molecule has 1 aliphatic heterocycles. The van der Waals surface area contributed by atoms with Crippen LogP contribution in [0.25, 0.3) is 0 Å². The van der Waals surface area contributed by atoms with Crippen molar-refractivity contribution in [1.82, 2.24) is 20.2 Å². The maximum atomic E-state index is 13.6. The topological polar surface area (TPSA) is 143 Å². The third-order valence-electron chi connectivity index (χ3n) is 6.23. The van der Waals surface area contributed by atoms with Gasteiger partial charge in [-0.05, 0) is 47.9 Å². The van der Waals surface area contributed by atoms with Crippen LogP contribution < -0.4 is 16.4 Å². The van der Waals surface area contributed by atoms with Crippen LogP contribution in [0.5, 0.6) is 0 Å². The van der Waals surface area contributed by atoms with Gasteiger partial charge in [-0.15, -0.1) is 0 Å². The van der Waals surface area contributed by atoms with Gasteiger partial charge in [-0.25, -0.2) is 4.98 Å². The fourth-order valence-corrected chi connectivity index (χ4v) is 4.32. The number of anilines is 1.